The Labute approximate surface area is 105 Å². The van der Waals surface area contributed by atoms with Crippen LogP contribution in [0.25, 0.3) is 0 Å². The van der Waals surface area contributed by atoms with Crippen molar-refractivity contribution in [1.82, 2.24) is 0 Å². The number of benzene rings is 1. The Morgan fingerprint density at radius 1 is 1.18 bits per heavy atom. The van der Waals surface area contributed by atoms with Crippen LogP contribution in [0.4, 0.5) is 0 Å². The number of hydrogen-bond donors (Lipinski definition) is 1. The van der Waals surface area contributed by atoms with Gasteiger partial charge in [0, 0.05) is 0 Å². The minimum atomic E-state index is -0.183. The van der Waals surface area contributed by atoms with Crippen molar-refractivity contribution in [2.24, 2.45) is 5.92 Å². The molecule has 1 rings (SSSR count). The molecule has 96 valence electrons. The minimum absolute atomic E-state index is 0.183. The van der Waals surface area contributed by atoms with Crippen molar-refractivity contribution in [3.8, 4) is 5.75 Å². The molecule has 0 fully saturated rings. The van der Waals surface area contributed by atoms with Gasteiger partial charge < -0.3 is 9.84 Å². The van der Waals surface area contributed by atoms with Gasteiger partial charge in [-0.1, -0.05) is 32.4 Å². The average molecular weight is 236 g/mol. The number of hydrogen-bond acceptors (Lipinski definition) is 2. The zero-order chi connectivity index (χ0) is 12.7. The predicted octanol–water partition coefficient (Wildman–Crippen LogP) is 3.42. The van der Waals surface area contributed by atoms with Gasteiger partial charge in [0.2, 0.25) is 0 Å². The Morgan fingerprint density at radius 3 is 2.35 bits per heavy atom. The SMILES string of the molecule is CCCC(C)C(O)CCc1ccc(OC)cc1. The maximum absolute atomic E-state index is 9.99. The van der Waals surface area contributed by atoms with E-state index in [0.29, 0.717) is 5.92 Å². The Bertz CT molecular complexity index is 305. The van der Waals surface area contributed by atoms with Gasteiger partial charge in [-0.15, -0.1) is 0 Å². The smallest absolute Gasteiger partial charge is 0.118 e. The molecule has 2 nitrogen and oxygen atoms in total. The summed E-state index contributed by atoms with van der Waals surface area (Å²) in [6.07, 6.45) is 3.83. The summed E-state index contributed by atoms with van der Waals surface area (Å²) in [5, 5.41) is 9.99. The highest BCUT2D eigenvalue weighted by Gasteiger charge is 2.12. The summed E-state index contributed by atoms with van der Waals surface area (Å²) in [4.78, 5) is 0. The van der Waals surface area contributed by atoms with E-state index in [1.54, 1.807) is 7.11 Å². The third-order valence-corrected chi connectivity index (χ3v) is 3.29. The van der Waals surface area contributed by atoms with E-state index in [-0.39, 0.29) is 6.10 Å². The number of methoxy groups -OCH3 is 1. The van der Waals surface area contributed by atoms with E-state index in [2.05, 4.69) is 26.0 Å². The Kier molecular flexibility index (Phi) is 6.06. The molecule has 17 heavy (non-hydrogen) atoms. The van der Waals surface area contributed by atoms with E-state index in [0.717, 1.165) is 31.4 Å². The van der Waals surface area contributed by atoms with Crippen LogP contribution in [0.1, 0.15) is 38.7 Å². The van der Waals surface area contributed by atoms with E-state index < -0.39 is 0 Å². The quantitative estimate of drug-likeness (QED) is 0.786. The molecule has 0 saturated carbocycles. The fraction of sp³-hybridized carbons (Fsp3) is 0.600. The van der Waals surface area contributed by atoms with E-state index >= 15 is 0 Å². The topological polar surface area (TPSA) is 29.5 Å². The number of ether oxygens (including phenoxy) is 1. The van der Waals surface area contributed by atoms with Crippen LogP contribution >= 0.6 is 0 Å². The normalized spacial score (nSPS) is 14.4. The monoisotopic (exact) mass is 236 g/mol. The second-order valence-corrected chi connectivity index (χ2v) is 4.72. The van der Waals surface area contributed by atoms with Crippen molar-refractivity contribution < 1.29 is 9.84 Å². The molecule has 0 radical (unpaired) electrons. The largest absolute Gasteiger partial charge is 0.497 e. The zero-order valence-corrected chi connectivity index (χ0v) is 11.1. The standard InChI is InChI=1S/C15H24O2/c1-4-5-12(2)15(16)11-8-13-6-9-14(17-3)10-7-13/h6-7,9-10,12,15-16H,4-5,8,11H2,1-3H3. The van der Waals surface area contributed by atoms with Crippen LogP contribution in [0.15, 0.2) is 24.3 Å². The van der Waals surface area contributed by atoms with Gasteiger partial charge in [0.25, 0.3) is 0 Å². The van der Waals surface area contributed by atoms with Crippen LogP contribution in [0.3, 0.4) is 0 Å². The zero-order valence-electron chi connectivity index (χ0n) is 11.1. The fourth-order valence-corrected chi connectivity index (χ4v) is 2.04. The lowest BCUT2D eigenvalue weighted by Gasteiger charge is -2.18. The van der Waals surface area contributed by atoms with Gasteiger partial charge in [-0.2, -0.15) is 0 Å². The van der Waals surface area contributed by atoms with Gasteiger partial charge in [0.1, 0.15) is 5.75 Å². The molecule has 1 N–H and O–H groups in total. The van der Waals surface area contributed by atoms with Gasteiger partial charge in [-0.3, -0.25) is 0 Å². The van der Waals surface area contributed by atoms with E-state index in [1.165, 1.54) is 5.56 Å². The van der Waals surface area contributed by atoms with Crippen LogP contribution in [-0.4, -0.2) is 18.3 Å². The number of aryl methyl sites for hydroxylation is 1. The highest BCUT2D eigenvalue weighted by Crippen LogP contribution is 2.17. The third-order valence-electron chi connectivity index (χ3n) is 3.29. The van der Waals surface area contributed by atoms with Gasteiger partial charge in [0.05, 0.1) is 13.2 Å². The molecule has 0 aromatic heterocycles. The molecular formula is C15H24O2. The van der Waals surface area contributed by atoms with Crippen LogP contribution in [-0.2, 0) is 6.42 Å². The first kappa shape index (κ1) is 14.0. The first-order valence-electron chi connectivity index (χ1n) is 6.48. The highest BCUT2D eigenvalue weighted by molar-refractivity contribution is 5.27. The summed E-state index contributed by atoms with van der Waals surface area (Å²) in [5.74, 6) is 1.28. The first-order chi connectivity index (χ1) is 8.17. The summed E-state index contributed by atoms with van der Waals surface area (Å²) >= 11 is 0. The molecule has 1 aromatic carbocycles. The lowest BCUT2D eigenvalue weighted by atomic mass is 9.94. The van der Waals surface area contributed by atoms with Crippen LogP contribution in [0, 0.1) is 5.92 Å². The van der Waals surface area contributed by atoms with Crippen LogP contribution in [0.5, 0.6) is 5.75 Å². The van der Waals surface area contributed by atoms with Crippen molar-refractivity contribution in [1.29, 1.82) is 0 Å². The Hall–Kier alpha value is -1.02. The molecule has 2 heteroatoms. The lowest BCUT2D eigenvalue weighted by molar-refractivity contribution is 0.103. The van der Waals surface area contributed by atoms with Gasteiger partial charge in [-0.05, 0) is 42.9 Å². The number of rotatable bonds is 7. The second-order valence-electron chi connectivity index (χ2n) is 4.72. The lowest BCUT2D eigenvalue weighted by Crippen LogP contribution is -2.18. The van der Waals surface area contributed by atoms with Crippen LogP contribution in [0.2, 0.25) is 0 Å². The summed E-state index contributed by atoms with van der Waals surface area (Å²) < 4.78 is 5.12. The van der Waals surface area contributed by atoms with Gasteiger partial charge in [-0.25, -0.2) is 0 Å². The van der Waals surface area contributed by atoms with E-state index in [4.69, 9.17) is 4.74 Å². The van der Waals surface area contributed by atoms with Crippen molar-refractivity contribution in [2.75, 3.05) is 7.11 Å². The molecule has 0 bridgehead atoms. The molecule has 2 unspecified atom stereocenters. The van der Waals surface area contributed by atoms with E-state index in [9.17, 15) is 5.11 Å². The van der Waals surface area contributed by atoms with Crippen molar-refractivity contribution in [3.63, 3.8) is 0 Å². The maximum Gasteiger partial charge on any atom is 0.118 e. The second kappa shape index (κ2) is 7.33. The van der Waals surface area contributed by atoms with Crippen molar-refractivity contribution in [2.45, 2.75) is 45.6 Å². The van der Waals surface area contributed by atoms with Crippen molar-refractivity contribution in [3.05, 3.63) is 29.8 Å². The number of aliphatic hydroxyl groups is 1. The van der Waals surface area contributed by atoms with Gasteiger partial charge >= 0.3 is 0 Å². The molecule has 1 aromatic rings. The first-order valence-corrected chi connectivity index (χ1v) is 6.48. The van der Waals surface area contributed by atoms with Gasteiger partial charge in [0.15, 0.2) is 0 Å². The third kappa shape index (κ3) is 4.78. The Morgan fingerprint density at radius 2 is 1.82 bits per heavy atom. The maximum atomic E-state index is 9.99. The Balaban J connectivity index is 2.38. The predicted molar refractivity (Wildman–Crippen MR) is 71.4 cm³/mol. The molecule has 0 amide bonds. The molecule has 0 aliphatic rings. The van der Waals surface area contributed by atoms with Crippen molar-refractivity contribution >= 4 is 0 Å². The highest BCUT2D eigenvalue weighted by atomic mass is 16.5. The molecule has 0 spiro atoms. The van der Waals surface area contributed by atoms with Crippen LogP contribution < -0.4 is 4.74 Å². The molecular weight excluding hydrogens is 212 g/mol. The summed E-state index contributed by atoms with van der Waals surface area (Å²) in [7, 11) is 1.67. The number of aliphatic hydroxyl groups excluding tert-OH is 1. The molecule has 0 saturated heterocycles. The molecule has 0 heterocycles. The summed E-state index contributed by atoms with van der Waals surface area (Å²) in [6, 6.07) is 8.07. The minimum Gasteiger partial charge on any atom is -0.497 e. The molecule has 0 aliphatic heterocycles. The van der Waals surface area contributed by atoms with E-state index in [1.807, 2.05) is 12.1 Å². The molecule has 2 atom stereocenters. The summed E-state index contributed by atoms with van der Waals surface area (Å²) in [5.41, 5.74) is 1.26. The average Bonchev–Trinajstić information content (AvgIpc) is 2.36. The fourth-order valence-electron chi connectivity index (χ4n) is 2.04. The molecule has 0 aliphatic carbocycles. The summed E-state index contributed by atoms with van der Waals surface area (Å²) in [6.45, 7) is 4.29.